The van der Waals surface area contributed by atoms with Gasteiger partial charge in [0.1, 0.15) is 6.33 Å². The molecule has 0 saturated carbocycles. The molecule has 13 heavy (non-hydrogen) atoms. The van der Waals surface area contributed by atoms with Crippen LogP contribution < -0.4 is 10.6 Å². The van der Waals surface area contributed by atoms with Crippen LogP contribution in [0.3, 0.4) is 0 Å². The van der Waals surface area contributed by atoms with Crippen molar-refractivity contribution in [3.05, 3.63) is 35.2 Å². The molecule has 1 aromatic heterocycles. The van der Waals surface area contributed by atoms with Crippen LogP contribution in [0.15, 0.2) is 24.7 Å². The van der Waals surface area contributed by atoms with Gasteiger partial charge in [-0.3, -0.25) is 0 Å². The predicted octanol–water partition coefficient (Wildman–Crippen LogP) is 1.02. The van der Waals surface area contributed by atoms with E-state index < -0.39 is 0 Å². The summed E-state index contributed by atoms with van der Waals surface area (Å²) in [5.74, 6) is 0. The first-order valence-electron chi connectivity index (χ1n) is 4.32. The Bertz CT molecular complexity index is 412. The number of rotatable bonds is 1. The Morgan fingerprint density at radius 3 is 2.77 bits per heavy atom. The average Bonchev–Trinajstić information content (AvgIpc) is 2.15. The third-order valence-corrected chi connectivity index (χ3v) is 1.68. The van der Waals surface area contributed by atoms with E-state index in [2.05, 4.69) is 23.8 Å². The summed E-state index contributed by atoms with van der Waals surface area (Å²) in [7, 11) is 0. The molecule has 1 heterocycles. The van der Waals surface area contributed by atoms with Crippen LogP contribution in [0.5, 0.6) is 0 Å². The van der Waals surface area contributed by atoms with Gasteiger partial charge in [-0.1, -0.05) is 18.2 Å². The van der Waals surface area contributed by atoms with E-state index in [1.54, 1.807) is 6.33 Å². The minimum Gasteiger partial charge on any atom is -0.244 e. The Morgan fingerprint density at radius 2 is 2.15 bits per heavy atom. The molecule has 0 fully saturated rings. The van der Waals surface area contributed by atoms with Crippen molar-refractivity contribution in [2.45, 2.75) is 20.8 Å². The summed E-state index contributed by atoms with van der Waals surface area (Å²) in [5.41, 5.74) is 1.21. The first-order chi connectivity index (χ1) is 6.25. The zero-order valence-electron chi connectivity index (χ0n) is 8.28. The number of nitrogens with zero attached hydrogens (tertiary/aromatic N) is 2. The lowest BCUT2D eigenvalue weighted by Crippen LogP contribution is -2.29. The van der Waals surface area contributed by atoms with Crippen molar-refractivity contribution in [2.75, 3.05) is 0 Å². The third-order valence-electron chi connectivity index (χ3n) is 1.68. The molecule has 0 amide bonds. The summed E-state index contributed by atoms with van der Waals surface area (Å²) >= 11 is 0. The molecule has 2 heteroatoms. The van der Waals surface area contributed by atoms with Crippen molar-refractivity contribution in [2.24, 2.45) is 0 Å². The highest BCUT2D eigenvalue weighted by Crippen LogP contribution is 1.80. The number of aromatic nitrogens is 2. The van der Waals surface area contributed by atoms with E-state index in [0.29, 0.717) is 0 Å². The molecule has 0 atom stereocenters. The molecule has 0 N–H and O–H groups in total. The SMILES string of the molecule is C/C=C\C=c1\cncnc1=C(C)C. The minimum absolute atomic E-state index is 1.02. The molecule has 2 nitrogen and oxygen atoms in total. The topological polar surface area (TPSA) is 25.8 Å². The second kappa shape index (κ2) is 4.55. The van der Waals surface area contributed by atoms with E-state index >= 15 is 0 Å². The summed E-state index contributed by atoms with van der Waals surface area (Å²) < 4.78 is 0. The molecule has 68 valence electrons. The van der Waals surface area contributed by atoms with Gasteiger partial charge in [0.25, 0.3) is 0 Å². The maximum Gasteiger partial charge on any atom is 0.116 e. The monoisotopic (exact) mass is 174 g/mol. The molecular formula is C11H14N2. The first-order valence-corrected chi connectivity index (χ1v) is 4.32. The maximum absolute atomic E-state index is 4.22. The normalized spacial score (nSPS) is 12.4. The average molecular weight is 174 g/mol. The van der Waals surface area contributed by atoms with E-state index in [9.17, 15) is 0 Å². The fourth-order valence-electron chi connectivity index (χ4n) is 1.08. The van der Waals surface area contributed by atoms with Crippen LogP contribution in [0, 0.1) is 0 Å². The third kappa shape index (κ3) is 2.51. The van der Waals surface area contributed by atoms with Crippen LogP contribution >= 0.6 is 0 Å². The van der Waals surface area contributed by atoms with Gasteiger partial charge in [-0.25, -0.2) is 9.97 Å². The van der Waals surface area contributed by atoms with Gasteiger partial charge in [0.15, 0.2) is 0 Å². The number of hydrogen-bond acceptors (Lipinski definition) is 2. The van der Waals surface area contributed by atoms with Gasteiger partial charge in [-0.15, -0.1) is 0 Å². The van der Waals surface area contributed by atoms with Gasteiger partial charge >= 0.3 is 0 Å². The molecule has 1 aromatic rings. The molecule has 0 aliphatic rings. The van der Waals surface area contributed by atoms with Crippen molar-refractivity contribution in [3.63, 3.8) is 0 Å². The Balaban J connectivity index is 3.47. The minimum atomic E-state index is 1.02. The van der Waals surface area contributed by atoms with Crippen LogP contribution in [0.2, 0.25) is 0 Å². The van der Waals surface area contributed by atoms with Crippen LogP contribution in [0.25, 0.3) is 11.6 Å². The molecular weight excluding hydrogens is 160 g/mol. The second-order valence-electron chi connectivity index (χ2n) is 3.02. The number of hydrogen-bond donors (Lipinski definition) is 0. The van der Waals surface area contributed by atoms with Gasteiger partial charge in [0.05, 0.1) is 5.35 Å². The second-order valence-corrected chi connectivity index (χ2v) is 3.02. The quantitative estimate of drug-likeness (QED) is 0.635. The summed E-state index contributed by atoms with van der Waals surface area (Å²) in [6, 6.07) is 0. The molecule has 0 radical (unpaired) electrons. The van der Waals surface area contributed by atoms with Gasteiger partial charge in [0, 0.05) is 11.4 Å². The van der Waals surface area contributed by atoms with Crippen molar-refractivity contribution >= 4 is 11.6 Å². The van der Waals surface area contributed by atoms with Gasteiger partial charge in [-0.05, 0) is 26.3 Å². The van der Waals surface area contributed by atoms with E-state index in [1.165, 1.54) is 5.57 Å². The fourth-order valence-corrected chi connectivity index (χ4v) is 1.08. The van der Waals surface area contributed by atoms with Crippen molar-refractivity contribution in [3.8, 4) is 0 Å². The van der Waals surface area contributed by atoms with E-state index in [-0.39, 0.29) is 0 Å². The summed E-state index contributed by atoms with van der Waals surface area (Å²) in [6.07, 6.45) is 9.40. The lowest BCUT2D eigenvalue weighted by atomic mass is 10.2. The summed E-state index contributed by atoms with van der Waals surface area (Å²) in [5, 5.41) is 2.09. The van der Waals surface area contributed by atoms with E-state index in [4.69, 9.17) is 0 Å². The lowest BCUT2D eigenvalue weighted by molar-refractivity contribution is 1.09. The van der Waals surface area contributed by atoms with Gasteiger partial charge in [0.2, 0.25) is 0 Å². The molecule has 0 aromatic carbocycles. The highest BCUT2D eigenvalue weighted by Gasteiger charge is 1.86. The standard InChI is InChI=1S/C11H14N2/c1-4-5-6-10-7-12-8-13-11(10)9(2)3/h4-8H,1-3H3/b5-4-,10-6-. The Labute approximate surface area is 78.4 Å². The maximum atomic E-state index is 4.22. The zero-order valence-corrected chi connectivity index (χ0v) is 8.28. The largest absolute Gasteiger partial charge is 0.244 e. The van der Waals surface area contributed by atoms with Crippen LogP contribution in [0.4, 0.5) is 0 Å². The van der Waals surface area contributed by atoms with Crippen molar-refractivity contribution in [1.82, 2.24) is 9.97 Å². The predicted molar refractivity (Wildman–Crippen MR) is 55.3 cm³/mol. The van der Waals surface area contributed by atoms with Crippen LogP contribution in [-0.2, 0) is 0 Å². The summed E-state index contributed by atoms with van der Waals surface area (Å²) in [4.78, 5) is 8.21. The van der Waals surface area contributed by atoms with E-state index in [1.807, 2.05) is 31.3 Å². The molecule has 1 rings (SSSR count). The van der Waals surface area contributed by atoms with Crippen LogP contribution in [0.1, 0.15) is 20.8 Å². The first kappa shape index (κ1) is 9.65. The Morgan fingerprint density at radius 1 is 1.38 bits per heavy atom. The number of allylic oxidation sites excluding steroid dienone is 2. The van der Waals surface area contributed by atoms with E-state index in [0.717, 1.165) is 10.6 Å². The molecule has 0 bridgehead atoms. The lowest BCUT2D eigenvalue weighted by Gasteiger charge is -1.90. The highest BCUT2D eigenvalue weighted by molar-refractivity contribution is 5.41. The molecule has 0 aliphatic heterocycles. The molecule has 0 aliphatic carbocycles. The van der Waals surface area contributed by atoms with Crippen molar-refractivity contribution in [1.29, 1.82) is 0 Å². The smallest absolute Gasteiger partial charge is 0.116 e. The van der Waals surface area contributed by atoms with Gasteiger partial charge in [-0.2, -0.15) is 0 Å². The zero-order chi connectivity index (χ0) is 9.68. The molecule has 0 unspecified atom stereocenters. The summed E-state index contributed by atoms with van der Waals surface area (Å²) in [6.45, 7) is 6.09. The fraction of sp³-hybridized carbons (Fsp3) is 0.273. The highest BCUT2D eigenvalue weighted by atomic mass is 14.8. The molecule has 0 spiro atoms. The van der Waals surface area contributed by atoms with Gasteiger partial charge < -0.3 is 0 Å². The van der Waals surface area contributed by atoms with Crippen molar-refractivity contribution < 1.29 is 0 Å². The Hall–Kier alpha value is -1.44. The molecule has 0 saturated heterocycles. The van der Waals surface area contributed by atoms with Crippen LogP contribution in [-0.4, -0.2) is 9.97 Å². The Kier molecular flexibility index (Phi) is 3.38.